The summed E-state index contributed by atoms with van der Waals surface area (Å²) >= 11 is 1.54. The first-order valence-corrected chi connectivity index (χ1v) is 5.82. The zero-order valence-electron chi connectivity index (χ0n) is 8.10. The second-order valence-electron chi connectivity index (χ2n) is 3.58. The van der Waals surface area contributed by atoms with Gasteiger partial charge in [-0.25, -0.2) is 15.0 Å². The Balaban J connectivity index is 2.15. The van der Waals surface area contributed by atoms with E-state index < -0.39 is 0 Å². The standard InChI is InChI=1S/C10H10N4S/c11-9-6-2-1-3-7(6)13-10(14-9)8-4-15-5-12-8/h4-5H,1-3H2,(H2,11,13,14). The number of rotatable bonds is 1. The van der Waals surface area contributed by atoms with E-state index in [4.69, 9.17) is 5.73 Å². The summed E-state index contributed by atoms with van der Waals surface area (Å²) in [5.74, 6) is 1.29. The van der Waals surface area contributed by atoms with Gasteiger partial charge in [0.2, 0.25) is 0 Å². The number of fused-ring (bicyclic) bond motifs is 1. The molecular weight excluding hydrogens is 208 g/mol. The van der Waals surface area contributed by atoms with Gasteiger partial charge in [-0.05, 0) is 19.3 Å². The molecule has 2 heterocycles. The van der Waals surface area contributed by atoms with Crippen LogP contribution >= 0.6 is 11.3 Å². The topological polar surface area (TPSA) is 64.7 Å². The number of aryl methyl sites for hydroxylation is 1. The van der Waals surface area contributed by atoms with Gasteiger partial charge in [0.05, 0.1) is 5.51 Å². The lowest BCUT2D eigenvalue weighted by molar-refractivity contribution is 0.900. The number of thiazole rings is 1. The molecule has 0 aromatic carbocycles. The van der Waals surface area contributed by atoms with Gasteiger partial charge in [0, 0.05) is 16.6 Å². The van der Waals surface area contributed by atoms with E-state index in [1.165, 1.54) is 0 Å². The highest BCUT2D eigenvalue weighted by molar-refractivity contribution is 7.07. The molecule has 1 aliphatic rings. The van der Waals surface area contributed by atoms with Crippen LogP contribution in [0, 0.1) is 0 Å². The van der Waals surface area contributed by atoms with Crippen LogP contribution in [0.5, 0.6) is 0 Å². The second kappa shape index (κ2) is 3.27. The normalized spacial score (nSPS) is 14.1. The van der Waals surface area contributed by atoms with Crippen molar-refractivity contribution in [2.75, 3.05) is 5.73 Å². The van der Waals surface area contributed by atoms with Crippen molar-refractivity contribution in [1.29, 1.82) is 0 Å². The summed E-state index contributed by atoms with van der Waals surface area (Å²) in [5, 5.41) is 1.94. The molecule has 0 saturated heterocycles. The fourth-order valence-electron chi connectivity index (χ4n) is 1.90. The molecule has 15 heavy (non-hydrogen) atoms. The van der Waals surface area contributed by atoms with E-state index in [-0.39, 0.29) is 0 Å². The van der Waals surface area contributed by atoms with E-state index in [1.807, 2.05) is 5.38 Å². The number of nitrogens with zero attached hydrogens (tertiary/aromatic N) is 3. The third kappa shape index (κ3) is 1.39. The molecule has 0 saturated carbocycles. The molecule has 2 aromatic heterocycles. The average Bonchev–Trinajstić information content (AvgIpc) is 2.88. The molecule has 3 rings (SSSR count). The molecule has 4 nitrogen and oxygen atoms in total. The van der Waals surface area contributed by atoms with E-state index in [1.54, 1.807) is 16.8 Å². The Kier molecular flexibility index (Phi) is 1.92. The van der Waals surface area contributed by atoms with Crippen LogP contribution in [0.2, 0.25) is 0 Å². The number of nitrogen functional groups attached to an aromatic ring is 1. The molecule has 0 atom stereocenters. The predicted octanol–water partition coefficient (Wildman–Crippen LogP) is 1.67. The van der Waals surface area contributed by atoms with Gasteiger partial charge in [-0.3, -0.25) is 0 Å². The van der Waals surface area contributed by atoms with Crippen molar-refractivity contribution in [3.8, 4) is 11.5 Å². The number of aromatic nitrogens is 3. The van der Waals surface area contributed by atoms with Gasteiger partial charge in [0.15, 0.2) is 5.82 Å². The lowest BCUT2D eigenvalue weighted by Crippen LogP contribution is -2.02. The van der Waals surface area contributed by atoms with E-state index in [0.29, 0.717) is 11.6 Å². The maximum Gasteiger partial charge on any atom is 0.181 e. The summed E-state index contributed by atoms with van der Waals surface area (Å²) in [7, 11) is 0. The van der Waals surface area contributed by atoms with Crippen LogP contribution in [-0.4, -0.2) is 15.0 Å². The molecule has 0 spiro atoms. The van der Waals surface area contributed by atoms with Crippen molar-refractivity contribution in [3.63, 3.8) is 0 Å². The van der Waals surface area contributed by atoms with Crippen LogP contribution in [-0.2, 0) is 12.8 Å². The molecule has 1 aliphatic carbocycles. The number of hydrogen-bond acceptors (Lipinski definition) is 5. The number of nitrogens with two attached hydrogens (primary N) is 1. The largest absolute Gasteiger partial charge is 0.383 e. The molecule has 76 valence electrons. The molecule has 5 heteroatoms. The van der Waals surface area contributed by atoms with Crippen molar-refractivity contribution in [2.45, 2.75) is 19.3 Å². The van der Waals surface area contributed by atoms with Gasteiger partial charge in [0.25, 0.3) is 0 Å². The van der Waals surface area contributed by atoms with E-state index in [9.17, 15) is 0 Å². The summed E-state index contributed by atoms with van der Waals surface area (Å²) in [6.45, 7) is 0. The Morgan fingerprint density at radius 2 is 2.20 bits per heavy atom. The van der Waals surface area contributed by atoms with Crippen molar-refractivity contribution in [2.24, 2.45) is 0 Å². The molecule has 0 radical (unpaired) electrons. The molecule has 0 bridgehead atoms. The Morgan fingerprint density at radius 3 is 3.00 bits per heavy atom. The molecular formula is C10H10N4S. The molecule has 2 N–H and O–H groups in total. The van der Waals surface area contributed by atoms with Gasteiger partial charge in [0.1, 0.15) is 11.5 Å². The Labute approximate surface area is 91.2 Å². The summed E-state index contributed by atoms with van der Waals surface area (Å²) in [6, 6.07) is 0. The summed E-state index contributed by atoms with van der Waals surface area (Å²) in [4.78, 5) is 13.0. The van der Waals surface area contributed by atoms with Crippen LogP contribution < -0.4 is 5.73 Å². The highest BCUT2D eigenvalue weighted by atomic mass is 32.1. The van der Waals surface area contributed by atoms with Gasteiger partial charge in [-0.1, -0.05) is 0 Å². The molecule has 2 aromatic rings. The first kappa shape index (κ1) is 8.79. The number of hydrogen-bond donors (Lipinski definition) is 1. The van der Waals surface area contributed by atoms with Crippen LogP contribution in [0.1, 0.15) is 17.7 Å². The minimum Gasteiger partial charge on any atom is -0.383 e. The fourth-order valence-corrected chi connectivity index (χ4v) is 2.43. The molecule has 0 unspecified atom stereocenters. The van der Waals surface area contributed by atoms with E-state index >= 15 is 0 Å². The van der Waals surface area contributed by atoms with E-state index in [0.717, 1.165) is 36.2 Å². The van der Waals surface area contributed by atoms with Gasteiger partial charge in [-0.15, -0.1) is 11.3 Å². The fraction of sp³-hybridized carbons (Fsp3) is 0.300. The zero-order chi connectivity index (χ0) is 10.3. The monoisotopic (exact) mass is 218 g/mol. The van der Waals surface area contributed by atoms with Crippen molar-refractivity contribution in [1.82, 2.24) is 15.0 Å². The summed E-state index contributed by atoms with van der Waals surface area (Å²) in [6.07, 6.45) is 3.16. The van der Waals surface area contributed by atoms with Crippen LogP contribution in [0.25, 0.3) is 11.5 Å². The molecule has 0 fully saturated rings. The molecule has 0 aliphatic heterocycles. The van der Waals surface area contributed by atoms with E-state index in [2.05, 4.69) is 15.0 Å². The Hall–Kier alpha value is -1.49. The summed E-state index contributed by atoms with van der Waals surface area (Å²) in [5.41, 5.74) is 10.7. The SMILES string of the molecule is Nc1nc(-c2cscn2)nc2c1CCC2. The van der Waals surface area contributed by atoms with Crippen LogP contribution in [0.4, 0.5) is 5.82 Å². The van der Waals surface area contributed by atoms with Crippen LogP contribution in [0.15, 0.2) is 10.9 Å². The average molecular weight is 218 g/mol. The van der Waals surface area contributed by atoms with Gasteiger partial charge >= 0.3 is 0 Å². The van der Waals surface area contributed by atoms with Crippen molar-refractivity contribution in [3.05, 3.63) is 22.1 Å². The first-order valence-electron chi connectivity index (χ1n) is 4.88. The smallest absolute Gasteiger partial charge is 0.181 e. The van der Waals surface area contributed by atoms with Crippen molar-refractivity contribution < 1.29 is 0 Å². The minimum atomic E-state index is 0.625. The third-order valence-electron chi connectivity index (χ3n) is 2.63. The zero-order valence-corrected chi connectivity index (χ0v) is 8.92. The van der Waals surface area contributed by atoms with Gasteiger partial charge in [-0.2, -0.15) is 0 Å². The minimum absolute atomic E-state index is 0.625. The highest BCUT2D eigenvalue weighted by Crippen LogP contribution is 2.27. The molecule has 0 amide bonds. The van der Waals surface area contributed by atoms with Crippen molar-refractivity contribution >= 4 is 17.2 Å². The second-order valence-corrected chi connectivity index (χ2v) is 4.30. The summed E-state index contributed by atoms with van der Waals surface area (Å²) < 4.78 is 0. The maximum atomic E-state index is 5.90. The number of anilines is 1. The lowest BCUT2D eigenvalue weighted by Gasteiger charge is -2.04. The van der Waals surface area contributed by atoms with Gasteiger partial charge < -0.3 is 5.73 Å². The lowest BCUT2D eigenvalue weighted by atomic mass is 10.2. The third-order valence-corrected chi connectivity index (χ3v) is 3.21. The van der Waals surface area contributed by atoms with Crippen LogP contribution in [0.3, 0.4) is 0 Å². The first-order chi connectivity index (χ1) is 7.34. The Morgan fingerprint density at radius 1 is 1.27 bits per heavy atom. The highest BCUT2D eigenvalue weighted by Gasteiger charge is 2.18. The Bertz CT molecular complexity index is 492. The quantitative estimate of drug-likeness (QED) is 0.790. The predicted molar refractivity (Wildman–Crippen MR) is 59.6 cm³/mol. The maximum absolute atomic E-state index is 5.90.